The van der Waals surface area contributed by atoms with Crippen molar-refractivity contribution in [1.29, 1.82) is 0 Å². The van der Waals surface area contributed by atoms with Crippen LogP contribution < -0.4 is 5.73 Å². The number of rotatable bonds is 5. The molecule has 1 unspecified atom stereocenters. The highest BCUT2D eigenvalue weighted by Gasteiger charge is 2.21. The van der Waals surface area contributed by atoms with E-state index < -0.39 is 6.04 Å². The van der Waals surface area contributed by atoms with Gasteiger partial charge in [-0.2, -0.15) is 0 Å². The molecule has 0 aliphatic carbocycles. The predicted octanol–water partition coefficient (Wildman–Crippen LogP) is 3.87. The number of nitrogens with two attached hydrogens (primary N) is 1. The zero-order valence-electron chi connectivity index (χ0n) is 12.2. The fourth-order valence-corrected chi connectivity index (χ4v) is 3.58. The van der Waals surface area contributed by atoms with E-state index in [1.165, 1.54) is 0 Å². The SMILES string of the molecule is CCN(Cc1ccc(Br)s1)C(=O)C(N)c1ccc(C)cc1. The topological polar surface area (TPSA) is 46.3 Å². The summed E-state index contributed by atoms with van der Waals surface area (Å²) in [6.07, 6.45) is 0. The Morgan fingerprint density at radius 2 is 1.95 bits per heavy atom. The van der Waals surface area contributed by atoms with Crippen molar-refractivity contribution in [2.24, 2.45) is 5.73 Å². The van der Waals surface area contributed by atoms with Crippen LogP contribution in [-0.4, -0.2) is 17.4 Å². The lowest BCUT2D eigenvalue weighted by Gasteiger charge is -2.24. The molecule has 0 aliphatic rings. The summed E-state index contributed by atoms with van der Waals surface area (Å²) in [7, 11) is 0. The maximum atomic E-state index is 12.6. The first-order chi connectivity index (χ1) is 10.0. The molecule has 0 radical (unpaired) electrons. The normalized spacial score (nSPS) is 12.2. The highest BCUT2D eigenvalue weighted by atomic mass is 79.9. The third-order valence-electron chi connectivity index (χ3n) is 3.37. The second-order valence-electron chi connectivity index (χ2n) is 4.95. The molecule has 3 nitrogen and oxygen atoms in total. The van der Waals surface area contributed by atoms with Crippen molar-refractivity contribution in [2.75, 3.05) is 6.54 Å². The first-order valence-electron chi connectivity index (χ1n) is 6.86. The maximum absolute atomic E-state index is 12.6. The van der Waals surface area contributed by atoms with Gasteiger partial charge in [-0.05, 0) is 47.5 Å². The Morgan fingerprint density at radius 3 is 2.48 bits per heavy atom. The van der Waals surface area contributed by atoms with E-state index in [2.05, 4.69) is 15.9 Å². The number of hydrogen-bond donors (Lipinski definition) is 1. The van der Waals surface area contributed by atoms with Crippen LogP contribution in [0.1, 0.15) is 29.0 Å². The maximum Gasteiger partial charge on any atom is 0.244 e. The minimum absolute atomic E-state index is 0.0362. The van der Waals surface area contributed by atoms with E-state index in [4.69, 9.17) is 5.73 Å². The fraction of sp³-hybridized carbons (Fsp3) is 0.312. The number of nitrogens with zero attached hydrogens (tertiary/aromatic N) is 1. The Kier molecular flexibility index (Phi) is 5.56. The monoisotopic (exact) mass is 366 g/mol. The predicted molar refractivity (Wildman–Crippen MR) is 91.2 cm³/mol. The van der Waals surface area contributed by atoms with E-state index in [-0.39, 0.29) is 5.91 Å². The number of aryl methyl sites for hydroxylation is 1. The van der Waals surface area contributed by atoms with Crippen molar-refractivity contribution in [1.82, 2.24) is 4.90 Å². The highest BCUT2D eigenvalue weighted by molar-refractivity contribution is 9.11. The summed E-state index contributed by atoms with van der Waals surface area (Å²) < 4.78 is 1.07. The summed E-state index contributed by atoms with van der Waals surface area (Å²) in [5.41, 5.74) is 8.15. The van der Waals surface area contributed by atoms with Crippen LogP contribution in [0.3, 0.4) is 0 Å². The van der Waals surface area contributed by atoms with Crippen LogP contribution >= 0.6 is 27.3 Å². The van der Waals surface area contributed by atoms with Crippen LogP contribution in [0, 0.1) is 6.92 Å². The summed E-state index contributed by atoms with van der Waals surface area (Å²) in [6.45, 7) is 5.24. The van der Waals surface area contributed by atoms with E-state index >= 15 is 0 Å². The Hall–Kier alpha value is -1.17. The van der Waals surface area contributed by atoms with Crippen LogP contribution in [0.25, 0.3) is 0 Å². The van der Waals surface area contributed by atoms with Crippen LogP contribution in [0.2, 0.25) is 0 Å². The lowest BCUT2D eigenvalue weighted by atomic mass is 10.0. The number of amides is 1. The molecule has 1 heterocycles. The summed E-state index contributed by atoms with van der Waals surface area (Å²) in [5.74, 6) is -0.0362. The second kappa shape index (κ2) is 7.20. The van der Waals surface area contributed by atoms with Gasteiger partial charge < -0.3 is 10.6 Å². The molecule has 21 heavy (non-hydrogen) atoms. The number of carbonyl (C=O) groups is 1. The third-order valence-corrected chi connectivity index (χ3v) is 4.98. The van der Waals surface area contributed by atoms with Crippen molar-refractivity contribution in [3.63, 3.8) is 0 Å². The Labute approximate surface area is 137 Å². The number of likely N-dealkylation sites (N-methyl/N-ethyl adjacent to an activating group) is 1. The molecule has 112 valence electrons. The molecule has 1 atom stereocenters. The summed E-state index contributed by atoms with van der Waals surface area (Å²) in [5, 5.41) is 0. The zero-order chi connectivity index (χ0) is 15.4. The smallest absolute Gasteiger partial charge is 0.244 e. The summed E-state index contributed by atoms with van der Waals surface area (Å²) in [6, 6.07) is 11.2. The second-order valence-corrected chi connectivity index (χ2v) is 7.49. The van der Waals surface area contributed by atoms with Gasteiger partial charge in [0.15, 0.2) is 0 Å². The van der Waals surface area contributed by atoms with Gasteiger partial charge >= 0.3 is 0 Å². The molecule has 1 amide bonds. The number of benzene rings is 1. The number of carbonyl (C=O) groups excluding carboxylic acids is 1. The first-order valence-corrected chi connectivity index (χ1v) is 8.47. The quantitative estimate of drug-likeness (QED) is 0.872. The number of thiophene rings is 1. The molecule has 0 bridgehead atoms. The number of halogens is 1. The van der Waals surface area contributed by atoms with Gasteiger partial charge in [-0.3, -0.25) is 4.79 Å². The van der Waals surface area contributed by atoms with Gasteiger partial charge in [0.05, 0.1) is 10.3 Å². The molecular weight excluding hydrogens is 348 g/mol. The van der Waals surface area contributed by atoms with Crippen LogP contribution in [0.15, 0.2) is 40.2 Å². The molecular formula is C16H19BrN2OS. The van der Waals surface area contributed by atoms with Gasteiger partial charge in [-0.1, -0.05) is 29.8 Å². The molecule has 0 saturated carbocycles. The minimum atomic E-state index is -0.603. The van der Waals surface area contributed by atoms with Gasteiger partial charge in [0.1, 0.15) is 6.04 Å². The highest BCUT2D eigenvalue weighted by Crippen LogP contribution is 2.24. The van der Waals surface area contributed by atoms with Gasteiger partial charge in [0.2, 0.25) is 5.91 Å². The largest absolute Gasteiger partial charge is 0.336 e. The molecule has 5 heteroatoms. The van der Waals surface area contributed by atoms with E-state index in [0.717, 1.165) is 19.8 Å². The molecule has 2 rings (SSSR count). The lowest BCUT2D eigenvalue weighted by molar-refractivity contribution is -0.133. The van der Waals surface area contributed by atoms with E-state index in [9.17, 15) is 4.79 Å². The van der Waals surface area contributed by atoms with Crippen LogP contribution in [0.4, 0.5) is 0 Å². The third kappa shape index (κ3) is 4.15. The first kappa shape index (κ1) is 16.2. The summed E-state index contributed by atoms with van der Waals surface area (Å²) in [4.78, 5) is 15.5. The van der Waals surface area contributed by atoms with Crippen LogP contribution in [0.5, 0.6) is 0 Å². The van der Waals surface area contributed by atoms with E-state index in [0.29, 0.717) is 13.1 Å². The van der Waals surface area contributed by atoms with Crippen molar-refractivity contribution < 1.29 is 4.79 Å². The van der Waals surface area contributed by atoms with Crippen molar-refractivity contribution in [3.05, 3.63) is 56.2 Å². The lowest BCUT2D eigenvalue weighted by Crippen LogP contribution is -2.37. The standard InChI is InChI=1S/C16H19BrN2OS/c1-3-19(10-13-8-9-14(17)21-13)16(20)15(18)12-6-4-11(2)5-7-12/h4-9,15H,3,10,18H2,1-2H3. The van der Waals surface area contributed by atoms with Crippen molar-refractivity contribution in [2.45, 2.75) is 26.4 Å². The van der Waals surface area contributed by atoms with Gasteiger partial charge in [-0.25, -0.2) is 0 Å². The van der Waals surface area contributed by atoms with Gasteiger partial charge in [0.25, 0.3) is 0 Å². The number of hydrogen-bond acceptors (Lipinski definition) is 3. The molecule has 0 fully saturated rings. The Bertz CT molecular complexity index is 609. The molecule has 0 aliphatic heterocycles. The van der Waals surface area contributed by atoms with E-state index in [1.54, 1.807) is 16.2 Å². The Balaban J connectivity index is 2.10. The molecule has 2 aromatic rings. The average Bonchev–Trinajstić information content (AvgIpc) is 2.89. The molecule has 0 saturated heterocycles. The minimum Gasteiger partial charge on any atom is -0.336 e. The zero-order valence-corrected chi connectivity index (χ0v) is 14.6. The molecule has 2 N–H and O–H groups in total. The van der Waals surface area contributed by atoms with E-state index in [1.807, 2.05) is 50.2 Å². The van der Waals surface area contributed by atoms with Gasteiger partial charge in [0, 0.05) is 11.4 Å². The van der Waals surface area contributed by atoms with Crippen molar-refractivity contribution >= 4 is 33.2 Å². The van der Waals surface area contributed by atoms with Gasteiger partial charge in [-0.15, -0.1) is 11.3 Å². The fourth-order valence-electron chi connectivity index (χ4n) is 2.08. The van der Waals surface area contributed by atoms with Crippen LogP contribution in [-0.2, 0) is 11.3 Å². The average molecular weight is 367 g/mol. The molecule has 1 aromatic heterocycles. The summed E-state index contributed by atoms with van der Waals surface area (Å²) >= 11 is 5.08. The molecule has 1 aromatic carbocycles. The Morgan fingerprint density at radius 1 is 1.29 bits per heavy atom. The molecule has 0 spiro atoms. The van der Waals surface area contributed by atoms with Crippen molar-refractivity contribution in [3.8, 4) is 0 Å².